The molecule has 0 N–H and O–H groups in total. The average molecular weight is 254 g/mol. The molecular weight excluding hydrogens is 235 g/mol. The van der Waals surface area contributed by atoms with Crippen molar-refractivity contribution in [1.29, 1.82) is 0 Å². The van der Waals surface area contributed by atoms with Crippen molar-refractivity contribution in [2.75, 3.05) is 13.1 Å². The second kappa shape index (κ2) is 5.47. The Labute approximate surface area is 95.4 Å². The first kappa shape index (κ1) is 13.6. The van der Waals surface area contributed by atoms with Crippen molar-refractivity contribution < 1.29 is 15.6 Å². The van der Waals surface area contributed by atoms with E-state index in [9.17, 15) is 0 Å². The van der Waals surface area contributed by atoms with Crippen LogP contribution in [0.4, 0.5) is 0 Å². The summed E-state index contributed by atoms with van der Waals surface area (Å²) in [6.07, 6.45) is 0. The zero-order valence-corrected chi connectivity index (χ0v) is 10.4. The van der Waals surface area contributed by atoms with Crippen LogP contribution in [0.1, 0.15) is 27.7 Å². The van der Waals surface area contributed by atoms with E-state index < -0.39 is 0 Å². The van der Waals surface area contributed by atoms with E-state index >= 15 is 0 Å². The van der Waals surface area contributed by atoms with Gasteiger partial charge in [0.25, 0.3) is 0 Å². The number of hydrogen-bond donors (Lipinski definition) is 0. The number of halogens is 1. The maximum absolute atomic E-state index is 5.52. The molecule has 0 spiro atoms. The van der Waals surface area contributed by atoms with Gasteiger partial charge in [-0.05, 0) is 0 Å². The molecule has 1 fully saturated rings. The van der Waals surface area contributed by atoms with Crippen LogP contribution in [0.3, 0.4) is 0 Å². The summed E-state index contributed by atoms with van der Waals surface area (Å²) in [4.78, 5) is 4.56. The van der Waals surface area contributed by atoms with Crippen LogP contribution >= 0.6 is 12.4 Å². The molecule has 1 saturated heterocycles. The standard InChI is InChI=1S/C9H18N2.ClH.Cu/c1-8(2)10-5-6-11(7-10)9(3)4;;/h8-9H,5-6H2,1-4H3;1H;. The van der Waals surface area contributed by atoms with Gasteiger partial charge >= 0.3 is 82.9 Å². The summed E-state index contributed by atoms with van der Waals surface area (Å²) in [7, 11) is 0. The van der Waals surface area contributed by atoms with E-state index in [4.69, 9.17) is 15.6 Å². The number of hydrogen-bond acceptors (Lipinski definition) is 2. The first-order valence-corrected chi connectivity index (χ1v) is 5.03. The fourth-order valence-electron chi connectivity index (χ4n) is 1.45. The summed E-state index contributed by atoms with van der Waals surface area (Å²) in [6.45, 7) is 10.9. The third kappa shape index (κ3) is 3.03. The minimum Gasteiger partial charge on any atom is -0.147 e. The molecule has 1 aliphatic rings. The van der Waals surface area contributed by atoms with Crippen molar-refractivity contribution in [2.24, 2.45) is 0 Å². The quantitative estimate of drug-likeness (QED) is 0.689. The summed E-state index contributed by atoms with van der Waals surface area (Å²) in [5.41, 5.74) is 0. The van der Waals surface area contributed by atoms with Crippen molar-refractivity contribution in [1.82, 2.24) is 9.80 Å². The van der Waals surface area contributed by atoms with Gasteiger partial charge < -0.3 is 0 Å². The molecule has 13 heavy (non-hydrogen) atoms. The predicted molar refractivity (Wildman–Crippen MR) is 55.9 cm³/mol. The third-order valence-electron chi connectivity index (χ3n) is 2.26. The minimum absolute atomic E-state index is 0. The van der Waals surface area contributed by atoms with E-state index in [0.717, 1.165) is 17.8 Å². The Kier molecular flexibility index (Phi) is 5.73. The van der Waals surface area contributed by atoms with E-state index in [0.29, 0.717) is 12.1 Å². The van der Waals surface area contributed by atoms with E-state index in [1.54, 1.807) is 0 Å². The molecule has 0 saturated carbocycles. The van der Waals surface area contributed by atoms with Crippen molar-refractivity contribution in [3.8, 4) is 0 Å². The molecule has 0 atom stereocenters. The van der Waals surface area contributed by atoms with Gasteiger partial charge in [0, 0.05) is 0 Å². The first-order valence-electron chi connectivity index (χ1n) is 4.56. The maximum atomic E-state index is 5.52. The second-order valence-corrected chi connectivity index (χ2v) is 4.23. The molecule has 1 heterocycles. The van der Waals surface area contributed by atoms with Crippen LogP contribution in [0.2, 0.25) is 0 Å². The molecule has 0 aromatic carbocycles. The van der Waals surface area contributed by atoms with E-state index in [1.807, 2.05) is 0 Å². The fourth-order valence-corrected chi connectivity index (χ4v) is 2.15. The van der Waals surface area contributed by atoms with Crippen molar-refractivity contribution in [3.05, 3.63) is 0 Å². The third-order valence-corrected chi connectivity index (χ3v) is 2.80. The Morgan fingerprint density at radius 2 is 1.31 bits per heavy atom. The molecular formula is C9H19ClCuN2. The molecule has 1 rings (SSSR count). The normalized spacial score (nSPS) is 20.2. The van der Waals surface area contributed by atoms with Crippen LogP contribution in [0.15, 0.2) is 0 Å². The van der Waals surface area contributed by atoms with Gasteiger partial charge in [0.1, 0.15) is 0 Å². The predicted octanol–water partition coefficient (Wildman–Crippen LogP) is 1.48. The van der Waals surface area contributed by atoms with Crippen LogP contribution in [-0.4, -0.2) is 39.6 Å². The summed E-state index contributed by atoms with van der Waals surface area (Å²) in [6, 6.07) is 1.08. The minimum atomic E-state index is 0. The average Bonchev–Trinajstić information content (AvgIpc) is 2.30. The molecule has 0 bridgehead atoms. The zero-order chi connectivity index (χ0) is 9.30. The van der Waals surface area contributed by atoms with Gasteiger partial charge in [-0.1, -0.05) is 0 Å². The summed E-state index contributed by atoms with van der Waals surface area (Å²) in [5.74, 6) is 0. The number of nitrogens with zero attached hydrogens (tertiary/aromatic N) is 2. The molecule has 0 aromatic rings. The van der Waals surface area contributed by atoms with Crippen LogP contribution < -0.4 is 0 Å². The monoisotopic (exact) mass is 253 g/mol. The van der Waals surface area contributed by atoms with Crippen molar-refractivity contribution >= 4 is 17.1 Å². The zero-order valence-electron chi connectivity index (χ0n) is 8.67. The molecule has 0 aromatic heterocycles. The molecule has 0 amide bonds. The van der Waals surface area contributed by atoms with Gasteiger partial charge in [-0.3, -0.25) is 0 Å². The van der Waals surface area contributed by atoms with Crippen LogP contribution in [0, 0.1) is 0 Å². The molecule has 1 aliphatic heterocycles. The maximum Gasteiger partial charge on any atom is -0.147 e. The molecule has 0 aliphatic carbocycles. The van der Waals surface area contributed by atoms with E-state index in [-0.39, 0.29) is 12.4 Å². The summed E-state index contributed by atoms with van der Waals surface area (Å²) >= 11 is 5.52. The second-order valence-electron chi connectivity index (χ2n) is 3.81. The Hall–Kier alpha value is 0.599. The summed E-state index contributed by atoms with van der Waals surface area (Å²) < 4.78 is 1.01. The molecule has 0 unspecified atom stereocenters. The van der Waals surface area contributed by atoms with Crippen molar-refractivity contribution in [2.45, 2.75) is 39.8 Å². The topological polar surface area (TPSA) is 6.48 Å². The van der Waals surface area contributed by atoms with Gasteiger partial charge in [-0.2, -0.15) is 0 Å². The molecule has 2 nitrogen and oxygen atoms in total. The Morgan fingerprint density at radius 1 is 1.00 bits per heavy atom. The summed E-state index contributed by atoms with van der Waals surface area (Å²) in [5, 5.41) is 0. The molecule has 4 heteroatoms. The van der Waals surface area contributed by atoms with E-state index in [1.165, 1.54) is 0 Å². The molecule has 83 valence electrons. The van der Waals surface area contributed by atoms with Gasteiger partial charge in [0.2, 0.25) is 0 Å². The van der Waals surface area contributed by atoms with Crippen LogP contribution in [-0.2, 0) is 15.6 Å². The van der Waals surface area contributed by atoms with Gasteiger partial charge in [0.15, 0.2) is 0 Å². The number of rotatable bonds is 2. The van der Waals surface area contributed by atoms with Gasteiger partial charge in [-0.15, -0.1) is 12.4 Å². The molecule has 0 radical (unpaired) electrons. The Balaban J connectivity index is 0.00000144. The SMILES string of the molecule is CC(C)N1CCN(C(C)C)[C]1=[Cu].Cl. The fraction of sp³-hybridized carbons (Fsp3) is 0.889. The van der Waals surface area contributed by atoms with Gasteiger partial charge in [-0.25, -0.2) is 0 Å². The Morgan fingerprint density at radius 3 is 1.46 bits per heavy atom. The van der Waals surface area contributed by atoms with Crippen LogP contribution in [0.25, 0.3) is 0 Å². The first-order chi connectivity index (χ1) is 5.54. The largest absolute Gasteiger partial charge is 0.147 e. The Bertz CT molecular complexity index is 164. The van der Waals surface area contributed by atoms with E-state index in [2.05, 4.69) is 37.5 Å². The van der Waals surface area contributed by atoms with Crippen LogP contribution in [0.5, 0.6) is 0 Å². The van der Waals surface area contributed by atoms with Gasteiger partial charge in [0.05, 0.1) is 0 Å². The smallest absolute Gasteiger partial charge is 0.147 e. The van der Waals surface area contributed by atoms with Crippen molar-refractivity contribution in [3.63, 3.8) is 0 Å².